The van der Waals surface area contributed by atoms with Gasteiger partial charge in [-0.25, -0.2) is 5.84 Å². The van der Waals surface area contributed by atoms with Gasteiger partial charge in [-0.3, -0.25) is 19.9 Å². The minimum absolute atomic E-state index is 0.147. The van der Waals surface area contributed by atoms with Crippen molar-refractivity contribution in [3.63, 3.8) is 0 Å². The molecule has 1 aliphatic heterocycles. The second-order valence-electron chi connectivity index (χ2n) is 5.50. The van der Waals surface area contributed by atoms with Gasteiger partial charge in [-0.15, -0.1) is 0 Å². The first-order valence-electron chi connectivity index (χ1n) is 7.02. The molecule has 1 aliphatic rings. The Morgan fingerprint density at radius 1 is 1.16 bits per heavy atom. The lowest BCUT2D eigenvalue weighted by Gasteiger charge is -2.35. The van der Waals surface area contributed by atoms with Gasteiger partial charge >= 0.3 is 0 Å². The van der Waals surface area contributed by atoms with Crippen LogP contribution in [0.15, 0.2) is 0 Å². The summed E-state index contributed by atoms with van der Waals surface area (Å²) >= 11 is 0. The Morgan fingerprint density at radius 3 is 2.32 bits per heavy atom. The summed E-state index contributed by atoms with van der Waals surface area (Å²) in [6.45, 7) is 9.02. The number of hydrazine groups is 1. The lowest BCUT2D eigenvalue weighted by atomic mass is 10.1. The third kappa shape index (κ3) is 6.02. The van der Waals surface area contributed by atoms with E-state index in [4.69, 9.17) is 5.84 Å². The van der Waals surface area contributed by atoms with Crippen LogP contribution in [0.4, 0.5) is 0 Å². The normalized spacial score (nSPS) is 16.7. The van der Waals surface area contributed by atoms with Crippen LogP contribution in [0.5, 0.6) is 0 Å². The number of nitrogens with two attached hydrogens (primary N) is 1. The molecule has 0 aromatic rings. The molecule has 0 spiro atoms. The number of hydrogen-bond donors (Lipinski definition) is 2. The molecule has 19 heavy (non-hydrogen) atoms. The fourth-order valence-corrected chi connectivity index (χ4v) is 2.33. The summed E-state index contributed by atoms with van der Waals surface area (Å²) in [5, 5.41) is 0. The number of hydrogen-bond acceptors (Lipinski definition) is 4. The van der Waals surface area contributed by atoms with E-state index in [9.17, 15) is 9.59 Å². The summed E-state index contributed by atoms with van der Waals surface area (Å²) in [7, 11) is 0. The molecule has 1 rings (SSSR count). The van der Waals surface area contributed by atoms with Crippen molar-refractivity contribution < 1.29 is 9.59 Å². The Bertz CT molecular complexity index is 299. The molecule has 0 aromatic carbocycles. The fraction of sp³-hybridized carbons (Fsp3) is 0.846. The number of carbonyl (C=O) groups is 2. The molecule has 1 heterocycles. The molecule has 0 radical (unpaired) electrons. The van der Waals surface area contributed by atoms with E-state index in [-0.39, 0.29) is 11.8 Å². The van der Waals surface area contributed by atoms with Gasteiger partial charge in [0, 0.05) is 45.6 Å². The van der Waals surface area contributed by atoms with Crippen LogP contribution in [0, 0.1) is 5.92 Å². The van der Waals surface area contributed by atoms with Gasteiger partial charge in [-0.1, -0.05) is 13.8 Å². The lowest BCUT2D eigenvalue weighted by Crippen LogP contribution is -2.49. The van der Waals surface area contributed by atoms with Crippen LogP contribution in [-0.2, 0) is 9.59 Å². The molecule has 110 valence electrons. The Balaban J connectivity index is 2.19. The molecule has 0 saturated carbocycles. The molecule has 0 aliphatic carbocycles. The molecule has 6 heteroatoms. The predicted molar refractivity (Wildman–Crippen MR) is 74.0 cm³/mol. The summed E-state index contributed by atoms with van der Waals surface area (Å²) in [6.07, 6.45) is 1.31. The van der Waals surface area contributed by atoms with Crippen LogP contribution in [0.1, 0.15) is 33.1 Å². The summed E-state index contributed by atoms with van der Waals surface area (Å²) in [5.74, 6) is 5.58. The molecule has 1 fully saturated rings. The van der Waals surface area contributed by atoms with Gasteiger partial charge in [0.25, 0.3) is 0 Å². The summed E-state index contributed by atoms with van der Waals surface area (Å²) in [6, 6.07) is 0. The van der Waals surface area contributed by atoms with E-state index < -0.39 is 0 Å². The molecule has 6 nitrogen and oxygen atoms in total. The van der Waals surface area contributed by atoms with Gasteiger partial charge < -0.3 is 4.90 Å². The highest BCUT2D eigenvalue weighted by Gasteiger charge is 2.21. The van der Waals surface area contributed by atoms with Crippen molar-refractivity contribution in [3.05, 3.63) is 0 Å². The standard InChI is InChI=1S/C13H26N4O2/c1-11(2)10-16-6-8-17(9-7-16)13(19)5-3-4-12(18)15-14/h11H,3-10,14H2,1-2H3,(H,15,18). The number of piperazine rings is 1. The number of rotatable bonds is 6. The second-order valence-corrected chi connectivity index (χ2v) is 5.50. The zero-order valence-electron chi connectivity index (χ0n) is 12.0. The molecule has 1 saturated heterocycles. The average Bonchev–Trinajstić information content (AvgIpc) is 2.38. The topological polar surface area (TPSA) is 78.7 Å². The second kappa shape index (κ2) is 8.12. The minimum Gasteiger partial charge on any atom is -0.340 e. The van der Waals surface area contributed by atoms with Crippen molar-refractivity contribution in [3.8, 4) is 0 Å². The summed E-state index contributed by atoms with van der Waals surface area (Å²) < 4.78 is 0. The van der Waals surface area contributed by atoms with Crippen LogP contribution in [0.25, 0.3) is 0 Å². The van der Waals surface area contributed by atoms with Gasteiger partial charge in [0.15, 0.2) is 0 Å². The van der Waals surface area contributed by atoms with Crippen molar-refractivity contribution in [1.29, 1.82) is 0 Å². The third-order valence-electron chi connectivity index (χ3n) is 3.30. The maximum atomic E-state index is 11.9. The number of nitrogens with one attached hydrogen (secondary N) is 1. The van der Waals surface area contributed by atoms with E-state index in [1.54, 1.807) is 0 Å². The molecule has 0 atom stereocenters. The van der Waals surface area contributed by atoms with Crippen molar-refractivity contribution in [2.45, 2.75) is 33.1 Å². The largest absolute Gasteiger partial charge is 0.340 e. The molecule has 0 unspecified atom stereocenters. The molecule has 2 amide bonds. The highest BCUT2D eigenvalue weighted by atomic mass is 16.2. The Hall–Kier alpha value is -1.14. The molecule has 0 bridgehead atoms. The Morgan fingerprint density at radius 2 is 1.79 bits per heavy atom. The van der Waals surface area contributed by atoms with Gasteiger partial charge in [-0.2, -0.15) is 0 Å². The molecular formula is C13H26N4O2. The van der Waals surface area contributed by atoms with E-state index in [1.807, 2.05) is 4.90 Å². The number of nitrogens with zero attached hydrogens (tertiary/aromatic N) is 2. The molecule has 3 N–H and O–H groups in total. The van der Waals surface area contributed by atoms with E-state index in [2.05, 4.69) is 24.2 Å². The predicted octanol–water partition coefficient (Wildman–Crippen LogP) is -0.0532. The Labute approximate surface area is 115 Å². The summed E-state index contributed by atoms with van der Waals surface area (Å²) in [4.78, 5) is 27.2. The maximum absolute atomic E-state index is 11.9. The van der Waals surface area contributed by atoms with Gasteiger partial charge in [-0.05, 0) is 12.3 Å². The quantitative estimate of drug-likeness (QED) is 0.403. The first kappa shape index (κ1) is 15.9. The first-order chi connectivity index (χ1) is 9.02. The minimum atomic E-state index is -0.213. The molecule has 0 aromatic heterocycles. The van der Waals surface area contributed by atoms with Crippen LogP contribution in [-0.4, -0.2) is 54.3 Å². The average molecular weight is 270 g/mol. The SMILES string of the molecule is CC(C)CN1CCN(C(=O)CCCC(=O)NN)CC1. The van der Waals surface area contributed by atoms with E-state index in [0.717, 1.165) is 32.7 Å². The highest BCUT2D eigenvalue weighted by Crippen LogP contribution is 2.08. The van der Waals surface area contributed by atoms with E-state index >= 15 is 0 Å². The van der Waals surface area contributed by atoms with Gasteiger partial charge in [0.05, 0.1) is 0 Å². The summed E-state index contributed by atoms with van der Waals surface area (Å²) in [5.41, 5.74) is 2.07. The smallest absolute Gasteiger partial charge is 0.233 e. The van der Waals surface area contributed by atoms with Crippen molar-refractivity contribution in [2.24, 2.45) is 11.8 Å². The van der Waals surface area contributed by atoms with E-state index in [1.165, 1.54) is 0 Å². The van der Waals surface area contributed by atoms with Gasteiger partial charge in [0.1, 0.15) is 0 Å². The number of carbonyl (C=O) groups excluding carboxylic acids is 2. The first-order valence-corrected chi connectivity index (χ1v) is 7.02. The zero-order chi connectivity index (χ0) is 14.3. The van der Waals surface area contributed by atoms with Crippen LogP contribution < -0.4 is 11.3 Å². The van der Waals surface area contributed by atoms with Crippen LogP contribution in [0.2, 0.25) is 0 Å². The zero-order valence-corrected chi connectivity index (χ0v) is 12.0. The lowest BCUT2D eigenvalue weighted by molar-refractivity contribution is -0.133. The maximum Gasteiger partial charge on any atom is 0.233 e. The third-order valence-corrected chi connectivity index (χ3v) is 3.30. The Kier molecular flexibility index (Phi) is 6.80. The monoisotopic (exact) mass is 270 g/mol. The van der Waals surface area contributed by atoms with Crippen LogP contribution in [0.3, 0.4) is 0 Å². The highest BCUT2D eigenvalue weighted by molar-refractivity contribution is 5.78. The number of amides is 2. The van der Waals surface area contributed by atoms with Crippen LogP contribution >= 0.6 is 0 Å². The van der Waals surface area contributed by atoms with E-state index in [0.29, 0.717) is 25.2 Å². The van der Waals surface area contributed by atoms with Gasteiger partial charge in [0.2, 0.25) is 11.8 Å². The van der Waals surface area contributed by atoms with Crippen molar-refractivity contribution >= 4 is 11.8 Å². The fourth-order valence-electron chi connectivity index (χ4n) is 2.33. The van der Waals surface area contributed by atoms with Crippen molar-refractivity contribution in [1.82, 2.24) is 15.2 Å². The molecular weight excluding hydrogens is 244 g/mol. The van der Waals surface area contributed by atoms with Crippen molar-refractivity contribution in [2.75, 3.05) is 32.7 Å².